The van der Waals surface area contributed by atoms with Crippen LogP contribution in [-0.2, 0) is 9.05 Å². The number of halogens is 4. The van der Waals surface area contributed by atoms with Crippen molar-refractivity contribution < 1.29 is 31.4 Å². The molecule has 96 valence electrons. The van der Waals surface area contributed by atoms with Gasteiger partial charge in [-0.15, -0.1) is 13.2 Å². The predicted molar refractivity (Wildman–Crippen MR) is 50.4 cm³/mol. The van der Waals surface area contributed by atoms with E-state index < -0.39 is 32.1 Å². The fourth-order valence-corrected chi connectivity index (χ4v) is 1.66. The Kier molecular flexibility index (Phi) is 3.44. The fraction of sp³-hybridized carbons (Fsp3) is 0.286. The first-order valence-electron chi connectivity index (χ1n) is 3.92. The minimum atomic E-state index is -5.11. The standard InChI is InChI=1S/C7H5ClF3NO4S/c1-3-2-4(17(8,14)15)12-6(5(3)13)16-7(9,10)11/h2,13H,1H3. The Morgan fingerprint density at radius 3 is 2.41 bits per heavy atom. The van der Waals surface area contributed by atoms with Crippen molar-refractivity contribution in [1.82, 2.24) is 4.98 Å². The van der Waals surface area contributed by atoms with Crippen molar-refractivity contribution in [3.8, 4) is 11.6 Å². The molecule has 0 spiro atoms. The van der Waals surface area contributed by atoms with Gasteiger partial charge in [0.25, 0.3) is 14.9 Å². The fourth-order valence-electron chi connectivity index (χ4n) is 0.913. The Bertz CT molecular complexity index is 543. The van der Waals surface area contributed by atoms with Gasteiger partial charge >= 0.3 is 6.36 Å². The number of aryl methyl sites for hydroxylation is 1. The predicted octanol–water partition coefficient (Wildman–Crippen LogP) is 1.92. The molecule has 0 radical (unpaired) electrons. The minimum Gasteiger partial charge on any atom is -0.503 e. The van der Waals surface area contributed by atoms with Crippen LogP contribution in [0.5, 0.6) is 11.6 Å². The quantitative estimate of drug-likeness (QED) is 0.843. The zero-order valence-corrected chi connectivity index (χ0v) is 9.69. The molecule has 0 saturated carbocycles. The summed E-state index contributed by atoms with van der Waals surface area (Å²) in [5.41, 5.74) is -0.168. The van der Waals surface area contributed by atoms with E-state index in [-0.39, 0.29) is 5.56 Å². The van der Waals surface area contributed by atoms with E-state index in [1.54, 1.807) is 0 Å². The molecule has 0 atom stereocenters. The summed E-state index contributed by atoms with van der Waals surface area (Å²) in [5.74, 6) is -2.18. The lowest BCUT2D eigenvalue weighted by Crippen LogP contribution is -2.18. The molecule has 1 rings (SSSR count). The Hall–Kier alpha value is -1.22. The van der Waals surface area contributed by atoms with Crippen LogP contribution in [0.4, 0.5) is 13.2 Å². The second kappa shape index (κ2) is 4.22. The number of aromatic nitrogens is 1. The van der Waals surface area contributed by atoms with Crippen LogP contribution in [0.3, 0.4) is 0 Å². The molecule has 0 aromatic carbocycles. The molecular weight excluding hydrogens is 287 g/mol. The zero-order valence-electron chi connectivity index (χ0n) is 8.12. The first-order chi connectivity index (χ1) is 7.50. The van der Waals surface area contributed by atoms with Gasteiger partial charge in [0, 0.05) is 10.7 Å². The summed E-state index contributed by atoms with van der Waals surface area (Å²) < 4.78 is 60.9. The highest BCUT2D eigenvalue weighted by Crippen LogP contribution is 2.33. The van der Waals surface area contributed by atoms with Gasteiger partial charge < -0.3 is 9.84 Å². The molecule has 0 amide bonds. The summed E-state index contributed by atoms with van der Waals surface area (Å²) >= 11 is 0. The summed E-state index contributed by atoms with van der Waals surface area (Å²) in [7, 11) is 0.600. The number of hydrogen-bond donors (Lipinski definition) is 1. The van der Waals surface area contributed by atoms with E-state index in [1.807, 2.05) is 0 Å². The van der Waals surface area contributed by atoms with Gasteiger partial charge in [0.2, 0.25) is 0 Å². The van der Waals surface area contributed by atoms with Crippen molar-refractivity contribution in [2.75, 3.05) is 0 Å². The number of rotatable bonds is 2. The van der Waals surface area contributed by atoms with Crippen LogP contribution >= 0.6 is 10.7 Å². The van der Waals surface area contributed by atoms with Crippen molar-refractivity contribution in [2.24, 2.45) is 0 Å². The molecule has 1 heterocycles. The molecule has 17 heavy (non-hydrogen) atoms. The van der Waals surface area contributed by atoms with Crippen LogP contribution in [0.15, 0.2) is 11.1 Å². The Balaban J connectivity index is 3.36. The Morgan fingerprint density at radius 1 is 1.47 bits per heavy atom. The molecule has 0 saturated heterocycles. The van der Waals surface area contributed by atoms with E-state index in [2.05, 4.69) is 9.72 Å². The molecule has 0 aliphatic carbocycles. The van der Waals surface area contributed by atoms with Crippen molar-refractivity contribution in [3.63, 3.8) is 0 Å². The third-order valence-electron chi connectivity index (χ3n) is 1.59. The lowest BCUT2D eigenvalue weighted by Gasteiger charge is -2.11. The molecule has 1 aromatic rings. The number of alkyl halides is 3. The van der Waals surface area contributed by atoms with Crippen LogP contribution in [0.1, 0.15) is 5.56 Å². The molecule has 10 heteroatoms. The number of ether oxygens (including phenoxy) is 1. The van der Waals surface area contributed by atoms with E-state index >= 15 is 0 Å². The zero-order chi connectivity index (χ0) is 13.4. The topological polar surface area (TPSA) is 76.5 Å². The third-order valence-corrected chi connectivity index (χ3v) is 2.77. The minimum absolute atomic E-state index is 0.168. The maximum atomic E-state index is 11.9. The molecule has 0 bridgehead atoms. The van der Waals surface area contributed by atoms with Gasteiger partial charge in [0.05, 0.1) is 0 Å². The van der Waals surface area contributed by atoms with Gasteiger partial charge in [-0.2, -0.15) is 4.98 Å². The average Bonchev–Trinajstić information content (AvgIpc) is 2.08. The Labute approximate surface area is 98.2 Å². The monoisotopic (exact) mass is 291 g/mol. The highest BCUT2D eigenvalue weighted by Gasteiger charge is 2.34. The van der Waals surface area contributed by atoms with Crippen LogP contribution in [0, 0.1) is 6.92 Å². The lowest BCUT2D eigenvalue weighted by molar-refractivity contribution is -0.276. The van der Waals surface area contributed by atoms with Crippen molar-refractivity contribution in [3.05, 3.63) is 11.6 Å². The van der Waals surface area contributed by atoms with Gasteiger partial charge in [0.1, 0.15) is 0 Å². The van der Waals surface area contributed by atoms with Crippen LogP contribution in [0.25, 0.3) is 0 Å². The Morgan fingerprint density at radius 2 is 2.00 bits per heavy atom. The highest BCUT2D eigenvalue weighted by molar-refractivity contribution is 8.13. The van der Waals surface area contributed by atoms with Gasteiger partial charge in [-0.1, -0.05) is 0 Å². The second-order valence-corrected chi connectivity index (χ2v) is 5.43. The maximum absolute atomic E-state index is 11.9. The maximum Gasteiger partial charge on any atom is 0.574 e. The number of pyridine rings is 1. The number of nitrogens with zero attached hydrogens (tertiary/aromatic N) is 1. The number of aromatic hydroxyl groups is 1. The van der Waals surface area contributed by atoms with E-state index in [0.29, 0.717) is 0 Å². The summed E-state index contributed by atoms with van der Waals surface area (Å²) in [5, 5.41) is 8.39. The van der Waals surface area contributed by atoms with Crippen molar-refractivity contribution in [1.29, 1.82) is 0 Å². The van der Waals surface area contributed by atoms with Crippen molar-refractivity contribution in [2.45, 2.75) is 18.3 Å². The molecule has 1 aromatic heterocycles. The molecule has 0 aliphatic rings. The van der Waals surface area contributed by atoms with Gasteiger partial charge in [0.15, 0.2) is 10.8 Å². The molecule has 0 aliphatic heterocycles. The number of hydrogen-bond acceptors (Lipinski definition) is 5. The SMILES string of the molecule is Cc1cc(S(=O)(=O)Cl)nc(OC(F)(F)F)c1O. The van der Waals surface area contributed by atoms with Gasteiger partial charge in [-0.3, -0.25) is 0 Å². The van der Waals surface area contributed by atoms with E-state index in [1.165, 1.54) is 6.92 Å². The normalized spacial score (nSPS) is 12.5. The molecule has 0 unspecified atom stereocenters. The summed E-state index contributed by atoms with van der Waals surface area (Å²) in [6, 6.07) is 0.820. The van der Waals surface area contributed by atoms with Crippen LogP contribution in [0.2, 0.25) is 0 Å². The van der Waals surface area contributed by atoms with Gasteiger partial charge in [-0.05, 0) is 18.6 Å². The van der Waals surface area contributed by atoms with Crippen LogP contribution in [-0.4, -0.2) is 24.9 Å². The summed E-state index contributed by atoms with van der Waals surface area (Å²) in [6.45, 7) is 1.17. The lowest BCUT2D eigenvalue weighted by atomic mass is 10.3. The first-order valence-corrected chi connectivity index (χ1v) is 6.22. The highest BCUT2D eigenvalue weighted by atomic mass is 35.7. The van der Waals surface area contributed by atoms with E-state index in [9.17, 15) is 26.7 Å². The summed E-state index contributed by atoms with van der Waals surface area (Å²) in [6.07, 6.45) is -5.11. The third kappa shape index (κ3) is 3.63. The van der Waals surface area contributed by atoms with E-state index in [4.69, 9.17) is 10.7 Å². The van der Waals surface area contributed by atoms with Crippen molar-refractivity contribution >= 4 is 19.7 Å². The second-order valence-electron chi connectivity index (χ2n) is 2.92. The first kappa shape index (κ1) is 13.8. The molecule has 5 nitrogen and oxygen atoms in total. The smallest absolute Gasteiger partial charge is 0.503 e. The largest absolute Gasteiger partial charge is 0.574 e. The average molecular weight is 292 g/mol. The summed E-state index contributed by atoms with van der Waals surface area (Å²) in [4.78, 5) is 2.98. The molecular formula is C7H5ClF3NO4S. The molecule has 1 N–H and O–H groups in total. The van der Waals surface area contributed by atoms with Gasteiger partial charge in [-0.25, -0.2) is 8.42 Å². The van der Waals surface area contributed by atoms with E-state index in [0.717, 1.165) is 6.07 Å². The van der Waals surface area contributed by atoms with Crippen LogP contribution < -0.4 is 4.74 Å². The molecule has 0 fully saturated rings.